The Hall–Kier alpha value is -2.92. The fraction of sp³-hybridized carbons (Fsp3) is 0.278. The van der Waals surface area contributed by atoms with Crippen molar-refractivity contribution in [1.82, 2.24) is 19.7 Å². The van der Waals surface area contributed by atoms with Gasteiger partial charge in [0.05, 0.1) is 28.5 Å². The van der Waals surface area contributed by atoms with Crippen LogP contribution >= 0.6 is 23.1 Å². The monoisotopic (exact) mass is 432 g/mol. The largest absolute Gasteiger partial charge is 0.462 e. The Labute approximate surface area is 175 Å². The highest BCUT2D eigenvalue weighted by Gasteiger charge is 2.17. The quantitative estimate of drug-likeness (QED) is 0.431. The summed E-state index contributed by atoms with van der Waals surface area (Å²) in [6.07, 6.45) is 0. The Morgan fingerprint density at radius 2 is 2.00 bits per heavy atom. The molecule has 0 fully saturated rings. The van der Waals surface area contributed by atoms with E-state index in [1.165, 1.54) is 23.1 Å². The normalized spacial score (nSPS) is 10.7. The summed E-state index contributed by atoms with van der Waals surface area (Å²) in [7, 11) is 1.83. The molecule has 1 amide bonds. The van der Waals surface area contributed by atoms with Gasteiger partial charge in [-0.1, -0.05) is 23.1 Å². The average molecular weight is 433 g/mol. The number of nitrogens with two attached hydrogens (primary N) is 1. The summed E-state index contributed by atoms with van der Waals surface area (Å²) in [5, 5.41) is 12.2. The number of aromatic nitrogens is 4. The molecule has 0 radical (unpaired) electrons. The van der Waals surface area contributed by atoms with Gasteiger partial charge in [-0.05, 0) is 38.1 Å². The van der Waals surface area contributed by atoms with Crippen LogP contribution in [0.2, 0.25) is 0 Å². The van der Waals surface area contributed by atoms with Crippen molar-refractivity contribution in [1.29, 1.82) is 0 Å². The van der Waals surface area contributed by atoms with Gasteiger partial charge in [0.15, 0.2) is 16.1 Å². The summed E-state index contributed by atoms with van der Waals surface area (Å²) in [5.74, 6) is 0.239. The lowest BCUT2D eigenvalue weighted by Gasteiger charge is -2.06. The first-order valence-electron chi connectivity index (χ1n) is 8.71. The number of hydrogen-bond donors (Lipinski definition) is 2. The van der Waals surface area contributed by atoms with Crippen molar-refractivity contribution >= 4 is 45.8 Å². The number of thiazole rings is 1. The third-order valence-corrected chi connectivity index (χ3v) is 5.87. The van der Waals surface area contributed by atoms with E-state index in [2.05, 4.69) is 20.5 Å². The van der Waals surface area contributed by atoms with Gasteiger partial charge in [0.25, 0.3) is 0 Å². The second-order valence-corrected chi connectivity index (χ2v) is 7.94. The molecule has 152 valence electrons. The topological polar surface area (TPSA) is 125 Å². The number of nitrogens with one attached hydrogen (secondary N) is 1. The van der Waals surface area contributed by atoms with E-state index in [1.807, 2.05) is 18.5 Å². The summed E-state index contributed by atoms with van der Waals surface area (Å²) >= 11 is 2.62. The van der Waals surface area contributed by atoms with Gasteiger partial charge in [-0.3, -0.25) is 4.79 Å². The van der Waals surface area contributed by atoms with Crippen molar-refractivity contribution in [2.24, 2.45) is 7.05 Å². The number of anilines is 2. The molecule has 0 atom stereocenters. The molecule has 0 saturated heterocycles. The summed E-state index contributed by atoms with van der Waals surface area (Å²) in [6, 6.07) is 6.54. The highest BCUT2D eigenvalue weighted by molar-refractivity contribution is 7.99. The van der Waals surface area contributed by atoms with Crippen molar-refractivity contribution < 1.29 is 14.3 Å². The Bertz CT molecular complexity index is 1030. The highest BCUT2D eigenvalue weighted by atomic mass is 32.2. The van der Waals surface area contributed by atoms with Crippen molar-refractivity contribution in [2.75, 3.05) is 23.4 Å². The number of rotatable bonds is 7. The molecule has 0 unspecified atom stereocenters. The van der Waals surface area contributed by atoms with Gasteiger partial charge in [-0.2, -0.15) is 0 Å². The van der Waals surface area contributed by atoms with Crippen LogP contribution in [0.3, 0.4) is 0 Å². The summed E-state index contributed by atoms with van der Waals surface area (Å²) in [4.78, 5) is 29.0. The molecule has 0 spiro atoms. The molecule has 0 aliphatic rings. The molecule has 3 N–H and O–H groups in total. The molecule has 0 saturated carbocycles. The summed E-state index contributed by atoms with van der Waals surface area (Å²) < 4.78 is 6.75. The number of nitrogen functional groups attached to an aromatic ring is 1. The van der Waals surface area contributed by atoms with Crippen LogP contribution in [0.5, 0.6) is 0 Å². The maximum Gasteiger partial charge on any atom is 0.338 e. The third kappa shape index (κ3) is 4.93. The van der Waals surface area contributed by atoms with Crippen LogP contribution in [-0.4, -0.2) is 44.0 Å². The molecule has 9 nitrogen and oxygen atoms in total. The number of thioether (sulfide) groups is 1. The van der Waals surface area contributed by atoms with E-state index in [1.54, 1.807) is 31.2 Å². The van der Waals surface area contributed by atoms with Crippen molar-refractivity contribution in [3.05, 3.63) is 35.5 Å². The second-order valence-electron chi connectivity index (χ2n) is 5.97. The van der Waals surface area contributed by atoms with Crippen molar-refractivity contribution in [3.8, 4) is 10.7 Å². The van der Waals surface area contributed by atoms with Crippen LogP contribution in [0.4, 0.5) is 10.8 Å². The van der Waals surface area contributed by atoms with Crippen LogP contribution in [0.15, 0.2) is 29.4 Å². The number of carbonyl (C=O) groups excluding carboxylic acids is 2. The molecular formula is C18H20N6O3S2. The number of nitrogens with zero attached hydrogens (tertiary/aromatic N) is 4. The standard InChI is InChI=1S/C18H20N6O3S2/c1-4-27-16(26)11-5-7-12(8-6-11)21-13(25)9-28-18-23-22-15(24(18)3)14-10(2)20-17(19)29-14/h5-8H,4,9H2,1-3H3,(H2,19,20)(H,21,25). The molecule has 0 bridgehead atoms. The van der Waals surface area contributed by atoms with E-state index in [9.17, 15) is 9.59 Å². The number of carbonyl (C=O) groups is 2. The Morgan fingerprint density at radius 3 is 2.62 bits per heavy atom. The van der Waals surface area contributed by atoms with E-state index < -0.39 is 5.97 Å². The van der Waals surface area contributed by atoms with Crippen LogP contribution in [0.25, 0.3) is 10.7 Å². The molecule has 3 rings (SSSR count). The number of amides is 1. The van der Waals surface area contributed by atoms with Crippen LogP contribution in [-0.2, 0) is 16.6 Å². The minimum absolute atomic E-state index is 0.162. The molecule has 29 heavy (non-hydrogen) atoms. The zero-order chi connectivity index (χ0) is 21.0. The first-order valence-corrected chi connectivity index (χ1v) is 10.5. The van der Waals surface area contributed by atoms with Crippen molar-refractivity contribution in [2.45, 2.75) is 19.0 Å². The first kappa shape index (κ1) is 20.8. The lowest BCUT2D eigenvalue weighted by atomic mass is 10.2. The lowest BCUT2D eigenvalue weighted by molar-refractivity contribution is -0.113. The van der Waals surface area contributed by atoms with E-state index in [4.69, 9.17) is 10.5 Å². The lowest BCUT2D eigenvalue weighted by Crippen LogP contribution is -2.14. The molecule has 0 aliphatic carbocycles. The summed E-state index contributed by atoms with van der Waals surface area (Å²) in [5.41, 5.74) is 7.58. The van der Waals surface area contributed by atoms with Gasteiger partial charge >= 0.3 is 5.97 Å². The van der Waals surface area contributed by atoms with E-state index in [-0.39, 0.29) is 11.7 Å². The zero-order valence-corrected chi connectivity index (χ0v) is 17.8. The Balaban J connectivity index is 1.59. The molecule has 11 heteroatoms. The minimum atomic E-state index is -0.392. The van der Waals surface area contributed by atoms with Gasteiger partial charge in [-0.25, -0.2) is 9.78 Å². The predicted octanol–water partition coefficient (Wildman–Crippen LogP) is 2.74. The Kier molecular flexibility index (Phi) is 6.49. The molecule has 0 aliphatic heterocycles. The fourth-order valence-electron chi connectivity index (χ4n) is 2.49. The molecular weight excluding hydrogens is 412 g/mol. The molecule has 2 heterocycles. The van der Waals surface area contributed by atoms with Crippen molar-refractivity contribution in [3.63, 3.8) is 0 Å². The number of hydrogen-bond acceptors (Lipinski definition) is 9. The van der Waals surface area contributed by atoms with E-state index in [0.717, 1.165) is 10.6 Å². The van der Waals surface area contributed by atoms with E-state index >= 15 is 0 Å². The van der Waals surface area contributed by atoms with Crippen LogP contribution < -0.4 is 11.1 Å². The van der Waals surface area contributed by atoms with Crippen LogP contribution in [0.1, 0.15) is 23.0 Å². The number of benzene rings is 1. The highest BCUT2D eigenvalue weighted by Crippen LogP contribution is 2.31. The first-order chi connectivity index (χ1) is 13.9. The number of aryl methyl sites for hydroxylation is 1. The maximum absolute atomic E-state index is 12.2. The number of ether oxygens (including phenoxy) is 1. The fourth-order valence-corrected chi connectivity index (χ4v) is 4.06. The Morgan fingerprint density at radius 1 is 1.28 bits per heavy atom. The molecule has 1 aromatic carbocycles. The van der Waals surface area contributed by atoms with E-state index in [0.29, 0.717) is 34.0 Å². The SMILES string of the molecule is CCOC(=O)c1ccc(NC(=O)CSc2nnc(-c3sc(N)nc3C)n2C)cc1. The summed E-state index contributed by atoms with van der Waals surface area (Å²) in [6.45, 7) is 3.93. The second kappa shape index (κ2) is 9.05. The molecule has 3 aromatic rings. The zero-order valence-electron chi connectivity index (χ0n) is 16.1. The molecule has 2 aromatic heterocycles. The average Bonchev–Trinajstić information content (AvgIpc) is 3.21. The third-order valence-electron chi connectivity index (χ3n) is 3.86. The minimum Gasteiger partial charge on any atom is -0.462 e. The van der Waals surface area contributed by atoms with Gasteiger partial charge < -0.3 is 20.4 Å². The van der Waals surface area contributed by atoms with Gasteiger partial charge in [0.2, 0.25) is 5.91 Å². The van der Waals surface area contributed by atoms with Gasteiger partial charge in [0.1, 0.15) is 0 Å². The number of esters is 1. The van der Waals surface area contributed by atoms with Gasteiger partial charge in [0, 0.05) is 12.7 Å². The predicted molar refractivity (Wildman–Crippen MR) is 113 cm³/mol. The maximum atomic E-state index is 12.2. The smallest absolute Gasteiger partial charge is 0.338 e. The van der Waals surface area contributed by atoms with Gasteiger partial charge in [-0.15, -0.1) is 10.2 Å². The van der Waals surface area contributed by atoms with Crippen LogP contribution in [0, 0.1) is 6.92 Å².